The van der Waals surface area contributed by atoms with Crippen LogP contribution in [0.3, 0.4) is 0 Å². The van der Waals surface area contributed by atoms with Crippen LogP contribution in [0.1, 0.15) is 12.3 Å². The minimum absolute atomic E-state index is 0.158. The molecule has 0 radical (unpaired) electrons. The Balaban J connectivity index is 1.38. The van der Waals surface area contributed by atoms with Gasteiger partial charge in [-0.2, -0.15) is 4.98 Å². The van der Waals surface area contributed by atoms with Crippen LogP contribution in [0, 0.1) is 5.82 Å². The van der Waals surface area contributed by atoms with Crippen LogP contribution in [-0.2, 0) is 11.2 Å². The number of hydrogen-bond donors (Lipinski definition) is 1. The highest BCUT2D eigenvalue weighted by Crippen LogP contribution is 2.20. The summed E-state index contributed by atoms with van der Waals surface area (Å²) < 4.78 is 18.9. The van der Waals surface area contributed by atoms with Gasteiger partial charge in [-0.15, -0.1) is 0 Å². The number of aryl methyl sites for hydroxylation is 1. The van der Waals surface area contributed by atoms with E-state index in [1.165, 1.54) is 6.07 Å². The van der Waals surface area contributed by atoms with Crippen LogP contribution < -0.4 is 5.32 Å². The first-order valence-electron chi connectivity index (χ1n) is 8.41. The third-order valence-electron chi connectivity index (χ3n) is 4.02. The van der Waals surface area contributed by atoms with E-state index in [1.54, 1.807) is 24.4 Å². The third-order valence-corrected chi connectivity index (χ3v) is 4.02. The Labute approximate surface area is 154 Å². The minimum atomic E-state index is -0.425. The van der Waals surface area contributed by atoms with Crippen molar-refractivity contribution in [1.82, 2.24) is 15.1 Å². The summed E-state index contributed by atoms with van der Waals surface area (Å²) in [6.45, 7) is 0. The van der Waals surface area contributed by atoms with Gasteiger partial charge in [0.15, 0.2) is 0 Å². The molecule has 0 aliphatic carbocycles. The van der Waals surface area contributed by atoms with Crippen LogP contribution in [0.25, 0.3) is 22.3 Å². The average Bonchev–Trinajstić information content (AvgIpc) is 3.15. The quantitative estimate of drug-likeness (QED) is 0.580. The van der Waals surface area contributed by atoms with E-state index >= 15 is 0 Å². The van der Waals surface area contributed by atoms with Gasteiger partial charge < -0.3 is 9.84 Å². The molecule has 0 saturated heterocycles. The molecular formula is C20H15FN4O2. The standard InChI is InChI=1S/C20H15FN4O2/c21-16-7-3-2-6-15(16)20-24-19(27-25-20)10-9-18(26)23-14-11-13-5-1-4-8-17(13)22-12-14/h1-8,11-12H,9-10H2,(H,23,26). The van der Waals surface area contributed by atoms with Gasteiger partial charge in [-0.1, -0.05) is 35.5 Å². The van der Waals surface area contributed by atoms with Crippen molar-refractivity contribution in [2.75, 3.05) is 5.32 Å². The smallest absolute Gasteiger partial charge is 0.227 e. The monoisotopic (exact) mass is 362 g/mol. The molecule has 4 rings (SSSR count). The van der Waals surface area contributed by atoms with Crippen LogP contribution in [-0.4, -0.2) is 21.0 Å². The number of nitrogens with one attached hydrogen (secondary N) is 1. The Hall–Kier alpha value is -3.61. The van der Waals surface area contributed by atoms with Crippen LogP contribution in [0.4, 0.5) is 10.1 Å². The predicted molar refractivity (Wildman–Crippen MR) is 98.4 cm³/mol. The van der Waals surface area contributed by atoms with E-state index in [0.29, 0.717) is 5.69 Å². The van der Waals surface area contributed by atoms with Gasteiger partial charge in [-0.3, -0.25) is 9.78 Å². The Bertz CT molecular complexity index is 1110. The lowest BCUT2D eigenvalue weighted by Crippen LogP contribution is -2.12. The summed E-state index contributed by atoms with van der Waals surface area (Å²) in [5, 5.41) is 7.52. The first kappa shape index (κ1) is 16.8. The molecular weight excluding hydrogens is 347 g/mol. The number of benzene rings is 2. The second kappa shape index (κ2) is 7.33. The molecule has 0 spiro atoms. The first-order chi connectivity index (χ1) is 13.2. The lowest BCUT2D eigenvalue weighted by molar-refractivity contribution is -0.116. The Morgan fingerprint density at radius 1 is 1.11 bits per heavy atom. The third kappa shape index (κ3) is 3.82. The summed E-state index contributed by atoms with van der Waals surface area (Å²) in [4.78, 5) is 20.6. The lowest BCUT2D eigenvalue weighted by atomic mass is 10.2. The van der Waals surface area contributed by atoms with Gasteiger partial charge in [-0.25, -0.2) is 4.39 Å². The van der Waals surface area contributed by atoms with Crippen LogP contribution >= 0.6 is 0 Å². The summed E-state index contributed by atoms with van der Waals surface area (Å²) in [6.07, 6.45) is 2.03. The van der Waals surface area contributed by atoms with Crippen molar-refractivity contribution in [2.45, 2.75) is 12.8 Å². The number of aromatic nitrogens is 3. The van der Waals surface area contributed by atoms with Gasteiger partial charge >= 0.3 is 0 Å². The van der Waals surface area contributed by atoms with Gasteiger partial charge in [0.1, 0.15) is 5.82 Å². The van der Waals surface area contributed by atoms with Gasteiger partial charge in [0.25, 0.3) is 0 Å². The van der Waals surface area contributed by atoms with E-state index in [4.69, 9.17) is 4.52 Å². The maximum atomic E-state index is 13.8. The first-order valence-corrected chi connectivity index (χ1v) is 8.41. The highest BCUT2D eigenvalue weighted by molar-refractivity contribution is 5.93. The van der Waals surface area contributed by atoms with E-state index in [0.717, 1.165) is 10.9 Å². The minimum Gasteiger partial charge on any atom is -0.339 e. The van der Waals surface area contributed by atoms with Crippen molar-refractivity contribution >= 4 is 22.5 Å². The molecule has 134 valence electrons. The second-order valence-corrected chi connectivity index (χ2v) is 5.96. The van der Waals surface area contributed by atoms with Crippen molar-refractivity contribution in [3.63, 3.8) is 0 Å². The maximum Gasteiger partial charge on any atom is 0.227 e. The van der Waals surface area contributed by atoms with Gasteiger partial charge in [-0.05, 0) is 24.3 Å². The topological polar surface area (TPSA) is 80.9 Å². The highest BCUT2D eigenvalue weighted by Gasteiger charge is 2.13. The number of para-hydroxylation sites is 1. The molecule has 1 amide bonds. The molecule has 4 aromatic rings. The van der Waals surface area contributed by atoms with Crippen molar-refractivity contribution in [1.29, 1.82) is 0 Å². The number of amides is 1. The molecule has 7 heteroatoms. The summed E-state index contributed by atoms with van der Waals surface area (Å²) in [6, 6.07) is 15.7. The molecule has 0 aliphatic rings. The van der Waals surface area contributed by atoms with Crippen molar-refractivity contribution in [3.05, 3.63) is 72.5 Å². The highest BCUT2D eigenvalue weighted by atomic mass is 19.1. The van der Waals surface area contributed by atoms with Crippen LogP contribution in [0.2, 0.25) is 0 Å². The zero-order valence-electron chi connectivity index (χ0n) is 14.2. The zero-order valence-corrected chi connectivity index (χ0v) is 14.2. The summed E-state index contributed by atoms with van der Waals surface area (Å²) >= 11 is 0. The number of halogens is 1. The summed E-state index contributed by atoms with van der Waals surface area (Å²) in [7, 11) is 0. The van der Waals surface area contributed by atoms with E-state index in [-0.39, 0.29) is 36.0 Å². The molecule has 27 heavy (non-hydrogen) atoms. The number of carbonyl (C=O) groups is 1. The van der Waals surface area contributed by atoms with E-state index in [2.05, 4.69) is 20.4 Å². The van der Waals surface area contributed by atoms with Crippen molar-refractivity contribution < 1.29 is 13.7 Å². The molecule has 0 bridgehead atoms. The molecule has 2 aromatic carbocycles. The van der Waals surface area contributed by atoms with E-state index in [1.807, 2.05) is 30.3 Å². The molecule has 6 nitrogen and oxygen atoms in total. The Kier molecular flexibility index (Phi) is 4.57. The molecule has 2 aromatic heterocycles. The molecule has 0 saturated carbocycles. The summed E-state index contributed by atoms with van der Waals surface area (Å²) in [5.74, 6) is -0.175. The molecule has 0 unspecified atom stereocenters. The number of nitrogens with zero attached hydrogens (tertiary/aromatic N) is 3. The largest absolute Gasteiger partial charge is 0.339 e. The number of hydrogen-bond acceptors (Lipinski definition) is 5. The molecule has 2 heterocycles. The number of rotatable bonds is 5. The predicted octanol–water partition coefficient (Wildman–Crippen LogP) is 4.00. The molecule has 0 fully saturated rings. The van der Waals surface area contributed by atoms with Crippen molar-refractivity contribution in [2.24, 2.45) is 0 Å². The van der Waals surface area contributed by atoms with Crippen LogP contribution in [0.15, 0.2) is 65.3 Å². The molecule has 1 N–H and O–H groups in total. The fourth-order valence-electron chi connectivity index (χ4n) is 2.69. The van der Waals surface area contributed by atoms with E-state index < -0.39 is 5.82 Å². The van der Waals surface area contributed by atoms with Crippen molar-refractivity contribution in [3.8, 4) is 11.4 Å². The second-order valence-electron chi connectivity index (χ2n) is 5.96. The van der Waals surface area contributed by atoms with Gasteiger partial charge in [0.05, 0.1) is 23.0 Å². The normalized spacial score (nSPS) is 10.9. The Morgan fingerprint density at radius 2 is 1.93 bits per heavy atom. The number of carbonyl (C=O) groups excluding carboxylic acids is 1. The fourth-order valence-corrected chi connectivity index (χ4v) is 2.69. The number of fused-ring (bicyclic) bond motifs is 1. The Morgan fingerprint density at radius 3 is 2.81 bits per heavy atom. The molecule has 0 aliphatic heterocycles. The fraction of sp³-hybridized carbons (Fsp3) is 0.100. The van der Waals surface area contributed by atoms with Crippen LogP contribution in [0.5, 0.6) is 0 Å². The van der Waals surface area contributed by atoms with Gasteiger partial charge in [0, 0.05) is 18.2 Å². The zero-order chi connectivity index (χ0) is 18.6. The molecule has 0 atom stereocenters. The SMILES string of the molecule is O=C(CCc1nc(-c2ccccc2F)no1)Nc1cnc2ccccc2c1. The lowest BCUT2D eigenvalue weighted by Gasteiger charge is -2.05. The van der Waals surface area contributed by atoms with E-state index in [9.17, 15) is 9.18 Å². The number of anilines is 1. The number of pyridine rings is 1. The van der Waals surface area contributed by atoms with Gasteiger partial charge in [0.2, 0.25) is 17.6 Å². The average molecular weight is 362 g/mol. The summed E-state index contributed by atoms with van der Waals surface area (Å²) in [5.41, 5.74) is 1.75. The maximum absolute atomic E-state index is 13.8.